The van der Waals surface area contributed by atoms with Crippen molar-refractivity contribution in [1.29, 1.82) is 0 Å². The number of hydrogen-bond acceptors (Lipinski definition) is 6. The Morgan fingerprint density at radius 1 is 1.42 bits per heavy atom. The molecule has 2 aromatic rings. The van der Waals surface area contributed by atoms with Gasteiger partial charge in [-0.15, -0.1) is 0 Å². The highest BCUT2D eigenvalue weighted by molar-refractivity contribution is 7.89. The van der Waals surface area contributed by atoms with E-state index in [-0.39, 0.29) is 29.6 Å². The molecule has 1 aliphatic heterocycles. The summed E-state index contributed by atoms with van der Waals surface area (Å²) >= 11 is 0. The number of carbonyl (C=O) groups is 1. The predicted molar refractivity (Wildman–Crippen MR) is 79.2 cm³/mol. The minimum Gasteiger partial charge on any atom is -0.448 e. The van der Waals surface area contributed by atoms with Crippen molar-refractivity contribution in [2.75, 3.05) is 13.2 Å². The number of aryl methyl sites for hydroxylation is 1. The van der Waals surface area contributed by atoms with Gasteiger partial charge in [-0.1, -0.05) is 0 Å². The van der Waals surface area contributed by atoms with Gasteiger partial charge in [0.1, 0.15) is 23.9 Å². The van der Waals surface area contributed by atoms with Crippen LogP contribution < -0.4 is 5.14 Å². The molecule has 1 aromatic heterocycles. The van der Waals surface area contributed by atoms with E-state index in [2.05, 4.69) is 10.1 Å². The number of ether oxygens (including phenoxy) is 1. The summed E-state index contributed by atoms with van der Waals surface area (Å²) in [6.45, 7) is 2.30. The summed E-state index contributed by atoms with van der Waals surface area (Å²) in [5.41, 5.74) is -0.121. The molecule has 11 heteroatoms. The lowest BCUT2D eigenvalue weighted by molar-refractivity contribution is 0.156. The van der Waals surface area contributed by atoms with Crippen molar-refractivity contribution in [2.45, 2.75) is 18.4 Å². The van der Waals surface area contributed by atoms with E-state index in [9.17, 15) is 17.6 Å². The summed E-state index contributed by atoms with van der Waals surface area (Å²) in [6.07, 6.45) is -0.499. The van der Waals surface area contributed by atoms with Crippen LogP contribution in [0.2, 0.25) is 0 Å². The highest BCUT2D eigenvalue weighted by Crippen LogP contribution is 2.20. The standard InChI is InChI=1S/C13H14FN5O4S/c1-8-16-12(7-18-4-5-23-13(18)20)19(17-8)11-6-9(24(15,21)22)2-3-10(11)14/h2-3,6H,4-5,7H2,1H3,(H2,15,21,22). The van der Waals surface area contributed by atoms with E-state index >= 15 is 0 Å². The number of nitrogens with zero attached hydrogens (tertiary/aromatic N) is 4. The number of cyclic esters (lactones) is 1. The van der Waals surface area contributed by atoms with Gasteiger partial charge < -0.3 is 4.74 Å². The fourth-order valence-corrected chi connectivity index (χ4v) is 2.86. The molecule has 0 bridgehead atoms. The first-order valence-corrected chi connectivity index (χ1v) is 8.47. The average Bonchev–Trinajstić information content (AvgIpc) is 3.05. The van der Waals surface area contributed by atoms with Crippen LogP contribution in [0.4, 0.5) is 9.18 Å². The number of hydrogen-bond donors (Lipinski definition) is 1. The number of primary sulfonamides is 1. The van der Waals surface area contributed by atoms with Crippen molar-refractivity contribution < 1.29 is 22.3 Å². The largest absolute Gasteiger partial charge is 0.448 e. The van der Waals surface area contributed by atoms with Crippen LogP contribution >= 0.6 is 0 Å². The monoisotopic (exact) mass is 355 g/mol. The fraction of sp³-hybridized carbons (Fsp3) is 0.308. The van der Waals surface area contributed by atoms with E-state index in [0.717, 1.165) is 22.9 Å². The van der Waals surface area contributed by atoms with Gasteiger partial charge in [-0.2, -0.15) is 5.10 Å². The zero-order valence-electron chi connectivity index (χ0n) is 12.6. The molecule has 1 saturated heterocycles. The second-order valence-electron chi connectivity index (χ2n) is 5.18. The van der Waals surface area contributed by atoms with E-state index in [1.807, 2.05) is 0 Å². The Morgan fingerprint density at radius 3 is 2.79 bits per heavy atom. The van der Waals surface area contributed by atoms with Gasteiger partial charge in [0.2, 0.25) is 10.0 Å². The summed E-state index contributed by atoms with van der Waals surface area (Å²) in [6, 6.07) is 3.13. The molecule has 3 rings (SSSR count). The number of carbonyl (C=O) groups excluding carboxylic acids is 1. The molecule has 0 aliphatic carbocycles. The first kappa shape index (κ1) is 16.3. The number of halogens is 1. The highest BCUT2D eigenvalue weighted by atomic mass is 32.2. The van der Waals surface area contributed by atoms with Crippen molar-refractivity contribution in [3.05, 3.63) is 35.7 Å². The second-order valence-corrected chi connectivity index (χ2v) is 6.74. The Kier molecular flexibility index (Phi) is 3.97. The lowest BCUT2D eigenvalue weighted by Crippen LogP contribution is -2.25. The summed E-state index contributed by atoms with van der Waals surface area (Å²) < 4.78 is 43.1. The molecular formula is C13H14FN5O4S. The van der Waals surface area contributed by atoms with Crippen LogP contribution in [0.15, 0.2) is 23.1 Å². The van der Waals surface area contributed by atoms with E-state index < -0.39 is 21.9 Å². The van der Waals surface area contributed by atoms with Crippen molar-refractivity contribution in [3.63, 3.8) is 0 Å². The van der Waals surface area contributed by atoms with E-state index in [1.54, 1.807) is 6.92 Å². The number of benzene rings is 1. The maximum atomic E-state index is 14.2. The Balaban J connectivity index is 2.05. The van der Waals surface area contributed by atoms with Crippen LogP contribution in [0.1, 0.15) is 11.6 Å². The third-order valence-corrected chi connectivity index (χ3v) is 4.34. The van der Waals surface area contributed by atoms with Crippen LogP contribution in [0.25, 0.3) is 5.69 Å². The van der Waals surface area contributed by atoms with Crippen molar-refractivity contribution in [1.82, 2.24) is 19.7 Å². The van der Waals surface area contributed by atoms with Crippen LogP contribution in [0.3, 0.4) is 0 Å². The third kappa shape index (κ3) is 3.08. The van der Waals surface area contributed by atoms with Crippen molar-refractivity contribution >= 4 is 16.1 Å². The van der Waals surface area contributed by atoms with Crippen molar-refractivity contribution in [2.24, 2.45) is 5.14 Å². The molecule has 1 fully saturated rings. The molecule has 0 radical (unpaired) electrons. The normalized spacial score (nSPS) is 15.0. The fourth-order valence-electron chi connectivity index (χ4n) is 2.33. The smallest absolute Gasteiger partial charge is 0.410 e. The number of sulfonamides is 1. The zero-order chi connectivity index (χ0) is 17.5. The molecular weight excluding hydrogens is 341 g/mol. The van der Waals surface area contributed by atoms with Gasteiger partial charge in [-0.05, 0) is 25.1 Å². The first-order valence-electron chi connectivity index (χ1n) is 6.92. The minimum absolute atomic E-state index is 0.0543. The quantitative estimate of drug-likeness (QED) is 0.843. The summed E-state index contributed by atoms with van der Waals surface area (Å²) in [4.78, 5) is 16.9. The van der Waals surface area contributed by atoms with Gasteiger partial charge in [0.25, 0.3) is 0 Å². The molecule has 2 N–H and O–H groups in total. The number of aromatic nitrogens is 3. The molecule has 2 heterocycles. The maximum absolute atomic E-state index is 14.2. The molecule has 0 atom stereocenters. The molecule has 24 heavy (non-hydrogen) atoms. The molecule has 0 spiro atoms. The van der Waals surface area contributed by atoms with Crippen LogP contribution in [0.5, 0.6) is 0 Å². The van der Waals surface area contributed by atoms with Gasteiger partial charge in [-0.25, -0.2) is 32.4 Å². The number of rotatable bonds is 4. The predicted octanol–water partition coefficient (Wildman–Crippen LogP) is 0.314. The van der Waals surface area contributed by atoms with E-state index in [4.69, 9.17) is 9.88 Å². The summed E-state index contributed by atoms with van der Waals surface area (Å²) in [5, 5.41) is 9.17. The summed E-state index contributed by atoms with van der Waals surface area (Å²) in [7, 11) is -4.00. The Labute approximate surface area is 136 Å². The van der Waals surface area contributed by atoms with Gasteiger partial charge in [0, 0.05) is 0 Å². The third-order valence-electron chi connectivity index (χ3n) is 3.43. The lowest BCUT2D eigenvalue weighted by Gasteiger charge is -2.13. The zero-order valence-corrected chi connectivity index (χ0v) is 13.5. The Hall–Kier alpha value is -2.53. The average molecular weight is 355 g/mol. The Bertz CT molecular complexity index is 911. The Morgan fingerprint density at radius 2 is 2.17 bits per heavy atom. The molecule has 1 amide bonds. The van der Waals surface area contributed by atoms with Gasteiger partial charge in [-0.3, -0.25) is 4.90 Å². The summed E-state index contributed by atoms with van der Waals surface area (Å²) in [5.74, 6) is -0.0765. The number of amides is 1. The molecule has 0 unspecified atom stereocenters. The van der Waals surface area contributed by atoms with E-state index in [1.165, 1.54) is 4.90 Å². The SMILES string of the molecule is Cc1nc(CN2CCOC2=O)n(-c2cc(S(N)(=O)=O)ccc2F)n1. The van der Waals surface area contributed by atoms with Crippen LogP contribution in [0, 0.1) is 12.7 Å². The van der Waals surface area contributed by atoms with Gasteiger partial charge in [0.15, 0.2) is 5.82 Å². The molecule has 9 nitrogen and oxygen atoms in total. The molecule has 1 aromatic carbocycles. The molecule has 1 aliphatic rings. The highest BCUT2D eigenvalue weighted by Gasteiger charge is 2.25. The lowest BCUT2D eigenvalue weighted by atomic mass is 10.3. The first-order chi connectivity index (χ1) is 11.3. The maximum Gasteiger partial charge on any atom is 0.410 e. The molecule has 0 saturated carbocycles. The number of nitrogens with two attached hydrogens (primary N) is 1. The molecule has 128 valence electrons. The minimum atomic E-state index is -4.00. The second kappa shape index (κ2) is 5.83. The van der Waals surface area contributed by atoms with E-state index in [0.29, 0.717) is 12.4 Å². The van der Waals surface area contributed by atoms with Crippen molar-refractivity contribution in [3.8, 4) is 5.69 Å². The van der Waals surface area contributed by atoms with Crippen LogP contribution in [-0.4, -0.2) is 47.3 Å². The van der Waals surface area contributed by atoms with Gasteiger partial charge in [0.05, 0.1) is 18.0 Å². The topological polar surface area (TPSA) is 120 Å². The van der Waals surface area contributed by atoms with Crippen LogP contribution in [-0.2, 0) is 21.3 Å². The van der Waals surface area contributed by atoms with Gasteiger partial charge >= 0.3 is 6.09 Å².